The third-order valence-electron chi connectivity index (χ3n) is 5.68. The Kier molecular flexibility index (Phi) is 4.02. The molecule has 3 aliphatic heterocycles. The summed E-state index contributed by atoms with van der Waals surface area (Å²) in [6.07, 6.45) is 0.978. The molecule has 0 aliphatic carbocycles. The van der Waals surface area contributed by atoms with E-state index < -0.39 is 12.0 Å². The Labute approximate surface area is 167 Å². The van der Waals surface area contributed by atoms with Crippen molar-refractivity contribution in [3.8, 4) is 0 Å². The van der Waals surface area contributed by atoms with Gasteiger partial charge in [0.1, 0.15) is 6.04 Å². The number of hydrogen-bond acceptors (Lipinski definition) is 4. The first kappa shape index (κ1) is 17.2. The molecule has 0 bridgehead atoms. The normalized spacial score (nSPS) is 28.1. The van der Waals surface area contributed by atoms with Crippen LogP contribution in [-0.2, 0) is 9.59 Å². The second-order valence-electron chi connectivity index (χ2n) is 7.14. The number of hydrazine groups is 1. The van der Waals surface area contributed by atoms with Crippen LogP contribution < -0.4 is 4.90 Å². The van der Waals surface area contributed by atoms with E-state index in [9.17, 15) is 9.59 Å². The molecule has 3 aliphatic rings. The predicted octanol–water partition coefficient (Wildman–Crippen LogP) is 3.53. The molecule has 0 radical (unpaired) electrons. The van der Waals surface area contributed by atoms with Gasteiger partial charge in [0.25, 0.3) is 5.91 Å². The van der Waals surface area contributed by atoms with Crippen LogP contribution in [0.3, 0.4) is 0 Å². The summed E-state index contributed by atoms with van der Waals surface area (Å²) in [6, 6.07) is 13.9. The van der Waals surface area contributed by atoms with Gasteiger partial charge in [0.05, 0.1) is 17.6 Å². The molecule has 5 rings (SSSR count). The van der Waals surface area contributed by atoms with Gasteiger partial charge >= 0.3 is 0 Å². The van der Waals surface area contributed by atoms with E-state index in [0.717, 1.165) is 25.1 Å². The molecule has 0 N–H and O–H groups in total. The third-order valence-corrected chi connectivity index (χ3v) is 6.17. The summed E-state index contributed by atoms with van der Waals surface area (Å²) in [7, 11) is 0. The summed E-state index contributed by atoms with van der Waals surface area (Å²) in [5, 5.41) is 5.42. The van der Waals surface area contributed by atoms with Gasteiger partial charge in [-0.05, 0) is 42.3 Å². The van der Waals surface area contributed by atoms with Gasteiger partial charge in [-0.25, -0.2) is 14.9 Å². The van der Waals surface area contributed by atoms with Crippen molar-refractivity contribution < 1.29 is 9.59 Å². The van der Waals surface area contributed by atoms with E-state index in [1.165, 1.54) is 4.90 Å². The Morgan fingerprint density at radius 2 is 1.52 bits per heavy atom. The number of amides is 2. The molecule has 3 fully saturated rings. The summed E-state index contributed by atoms with van der Waals surface area (Å²) in [6.45, 7) is 1.63. The van der Waals surface area contributed by atoms with Gasteiger partial charge in [-0.15, -0.1) is 0 Å². The maximum absolute atomic E-state index is 13.4. The quantitative estimate of drug-likeness (QED) is 0.721. The Morgan fingerprint density at radius 1 is 0.815 bits per heavy atom. The molecule has 0 spiro atoms. The number of benzene rings is 2. The second kappa shape index (κ2) is 6.31. The average Bonchev–Trinajstić information content (AvgIpc) is 3.28. The van der Waals surface area contributed by atoms with Crippen LogP contribution in [0.5, 0.6) is 0 Å². The van der Waals surface area contributed by atoms with Gasteiger partial charge in [-0.1, -0.05) is 41.4 Å². The lowest BCUT2D eigenvalue weighted by molar-refractivity contribution is -0.126. The van der Waals surface area contributed by atoms with Crippen molar-refractivity contribution in [2.75, 3.05) is 18.0 Å². The molecule has 7 heteroatoms. The summed E-state index contributed by atoms with van der Waals surface area (Å²) >= 11 is 12.1. The van der Waals surface area contributed by atoms with Crippen molar-refractivity contribution in [1.82, 2.24) is 10.0 Å². The van der Waals surface area contributed by atoms with Gasteiger partial charge < -0.3 is 0 Å². The van der Waals surface area contributed by atoms with Gasteiger partial charge in [0, 0.05) is 23.1 Å². The van der Waals surface area contributed by atoms with Crippen LogP contribution in [0.1, 0.15) is 18.0 Å². The number of fused-ring (bicyclic) bond motifs is 3. The summed E-state index contributed by atoms with van der Waals surface area (Å²) in [4.78, 5) is 27.9. The summed E-state index contributed by atoms with van der Waals surface area (Å²) in [5.74, 6) is -0.768. The molecule has 2 amide bonds. The molecule has 138 valence electrons. The predicted molar refractivity (Wildman–Crippen MR) is 103 cm³/mol. The van der Waals surface area contributed by atoms with Crippen molar-refractivity contribution in [3.05, 3.63) is 64.1 Å². The van der Waals surface area contributed by atoms with E-state index in [-0.39, 0.29) is 17.9 Å². The highest BCUT2D eigenvalue weighted by Crippen LogP contribution is 2.49. The minimum Gasteiger partial charge on any atom is -0.274 e. The zero-order chi connectivity index (χ0) is 18.7. The summed E-state index contributed by atoms with van der Waals surface area (Å²) in [5.41, 5.74) is 1.54. The highest BCUT2D eigenvalue weighted by atomic mass is 35.5. The van der Waals surface area contributed by atoms with E-state index in [4.69, 9.17) is 23.2 Å². The van der Waals surface area contributed by atoms with Crippen molar-refractivity contribution >= 4 is 40.7 Å². The Morgan fingerprint density at radius 3 is 2.22 bits per heavy atom. The van der Waals surface area contributed by atoms with E-state index in [1.54, 1.807) is 24.3 Å². The minimum absolute atomic E-state index is 0.157. The number of carbonyl (C=O) groups is 2. The molecular weight excluding hydrogens is 385 g/mol. The number of anilines is 1. The Bertz CT molecular complexity index is 933. The molecule has 2 aromatic carbocycles. The van der Waals surface area contributed by atoms with Crippen molar-refractivity contribution in [3.63, 3.8) is 0 Å². The van der Waals surface area contributed by atoms with Crippen molar-refractivity contribution in [2.24, 2.45) is 5.92 Å². The molecule has 0 aromatic heterocycles. The molecule has 3 atom stereocenters. The first-order chi connectivity index (χ1) is 13.1. The topological polar surface area (TPSA) is 43.9 Å². The number of hydrogen-bond donors (Lipinski definition) is 0. The van der Waals surface area contributed by atoms with E-state index in [1.807, 2.05) is 24.3 Å². The summed E-state index contributed by atoms with van der Waals surface area (Å²) < 4.78 is 0. The van der Waals surface area contributed by atoms with Crippen LogP contribution >= 0.6 is 23.2 Å². The zero-order valence-electron chi connectivity index (χ0n) is 14.4. The number of halogens is 2. The molecule has 3 saturated heterocycles. The molecule has 3 unspecified atom stereocenters. The Balaban J connectivity index is 1.59. The minimum atomic E-state index is -0.459. The van der Waals surface area contributed by atoms with Crippen LogP contribution in [0.25, 0.3) is 0 Å². The number of imide groups is 1. The molecule has 27 heavy (non-hydrogen) atoms. The number of nitrogens with zero attached hydrogens (tertiary/aromatic N) is 3. The first-order valence-electron chi connectivity index (χ1n) is 8.98. The van der Waals surface area contributed by atoms with Gasteiger partial charge in [-0.3, -0.25) is 9.59 Å². The molecule has 3 heterocycles. The largest absolute Gasteiger partial charge is 0.274 e. The van der Waals surface area contributed by atoms with Crippen molar-refractivity contribution in [2.45, 2.75) is 18.5 Å². The van der Waals surface area contributed by atoms with Crippen LogP contribution in [-0.4, -0.2) is 41.0 Å². The van der Waals surface area contributed by atoms with E-state index >= 15 is 0 Å². The first-order valence-corrected chi connectivity index (χ1v) is 9.74. The highest BCUT2D eigenvalue weighted by molar-refractivity contribution is 6.31. The van der Waals surface area contributed by atoms with Crippen LogP contribution in [0.15, 0.2) is 48.5 Å². The molecule has 0 saturated carbocycles. The van der Waals surface area contributed by atoms with E-state index in [2.05, 4.69) is 10.0 Å². The lowest BCUT2D eigenvalue weighted by Gasteiger charge is -2.29. The highest BCUT2D eigenvalue weighted by Gasteiger charge is 2.62. The molecular formula is C20H17Cl2N3O2. The van der Waals surface area contributed by atoms with Crippen molar-refractivity contribution in [1.29, 1.82) is 0 Å². The van der Waals surface area contributed by atoms with Gasteiger partial charge in [-0.2, -0.15) is 0 Å². The number of rotatable bonds is 2. The number of carbonyl (C=O) groups excluding carboxylic acids is 2. The maximum atomic E-state index is 13.4. The maximum Gasteiger partial charge on any atom is 0.253 e. The monoisotopic (exact) mass is 401 g/mol. The van der Waals surface area contributed by atoms with Crippen LogP contribution in [0, 0.1) is 5.92 Å². The molecule has 2 aromatic rings. The third kappa shape index (κ3) is 2.53. The van der Waals surface area contributed by atoms with Crippen LogP contribution in [0.2, 0.25) is 10.0 Å². The fourth-order valence-corrected chi connectivity index (χ4v) is 4.95. The van der Waals surface area contributed by atoms with Gasteiger partial charge in [0.2, 0.25) is 5.91 Å². The van der Waals surface area contributed by atoms with Gasteiger partial charge in [0.15, 0.2) is 0 Å². The smallest absolute Gasteiger partial charge is 0.253 e. The lowest BCUT2D eigenvalue weighted by atomic mass is 9.90. The SMILES string of the molecule is O=C1C2C(C(=O)N1c1cccc(Cl)c1)N1CCCN1C2c1ccc(Cl)cc1. The molecule has 5 nitrogen and oxygen atoms in total. The lowest BCUT2D eigenvalue weighted by Crippen LogP contribution is -2.44. The zero-order valence-corrected chi connectivity index (χ0v) is 15.9. The van der Waals surface area contributed by atoms with E-state index in [0.29, 0.717) is 15.7 Å². The van der Waals surface area contributed by atoms with Crippen LogP contribution in [0.4, 0.5) is 5.69 Å². The fraction of sp³-hybridized carbons (Fsp3) is 0.300. The average molecular weight is 402 g/mol. The Hall–Kier alpha value is -1.92. The standard InChI is InChI=1S/C20H17Cl2N3O2/c21-13-7-5-12(6-8-13)17-16-18(24-10-2-9-23(17)24)20(27)25(19(16)26)15-4-1-3-14(22)11-15/h1,3-8,11,16-18H,2,9-10H2. The second-order valence-corrected chi connectivity index (χ2v) is 8.01. The fourth-order valence-electron chi connectivity index (χ4n) is 4.64.